The first-order valence-electron chi connectivity index (χ1n) is 6.13. The molecule has 0 unspecified atom stereocenters. The first-order chi connectivity index (χ1) is 9.31. The highest BCUT2D eigenvalue weighted by atomic mass is 16.1. The zero-order chi connectivity index (χ0) is 13.5. The molecular weight excluding hydrogens is 244 g/mol. The number of tetrazole rings is 1. The van der Waals surface area contributed by atoms with Gasteiger partial charge in [-0.1, -0.05) is 13.0 Å². The Morgan fingerprint density at radius 2 is 2.26 bits per heavy atom. The number of likely N-dealkylation sites (N-methyl/N-ethyl adjacent to an activating group) is 1. The average molecular weight is 260 g/mol. The second kappa shape index (κ2) is 6.60. The van der Waals surface area contributed by atoms with E-state index in [2.05, 4.69) is 26.2 Å². The van der Waals surface area contributed by atoms with Crippen LogP contribution in [0.3, 0.4) is 0 Å². The van der Waals surface area contributed by atoms with Gasteiger partial charge in [-0.15, -0.1) is 5.10 Å². The van der Waals surface area contributed by atoms with Crippen molar-refractivity contribution >= 4 is 5.91 Å². The van der Waals surface area contributed by atoms with Gasteiger partial charge in [0.15, 0.2) is 0 Å². The second-order valence-corrected chi connectivity index (χ2v) is 3.91. The van der Waals surface area contributed by atoms with Gasteiger partial charge in [-0.25, -0.2) is 4.68 Å². The van der Waals surface area contributed by atoms with Gasteiger partial charge in [0.05, 0.1) is 5.69 Å². The van der Waals surface area contributed by atoms with Gasteiger partial charge in [0.1, 0.15) is 6.33 Å². The Morgan fingerprint density at radius 1 is 1.37 bits per heavy atom. The molecule has 0 spiro atoms. The fourth-order valence-corrected chi connectivity index (χ4v) is 1.61. The summed E-state index contributed by atoms with van der Waals surface area (Å²) in [7, 11) is 0. The summed E-state index contributed by atoms with van der Waals surface area (Å²) < 4.78 is 1.51. The minimum atomic E-state index is -0.104. The largest absolute Gasteiger partial charge is 0.351 e. The van der Waals surface area contributed by atoms with Gasteiger partial charge in [-0.05, 0) is 35.2 Å². The van der Waals surface area contributed by atoms with E-state index in [9.17, 15) is 4.79 Å². The Hall–Kier alpha value is -2.28. The van der Waals surface area contributed by atoms with Crippen molar-refractivity contribution < 1.29 is 4.79 Å². The molecular formula is C12H16N6O. The molecule has 7 nitrogen and oxygen atoms in total. The van der Waals surface area contributed by atoms with E-state index in [1.54, 1.807) is 18.2 Å². The van der Waals surface area contributed by atoms with Gasteiger partial charge in [0.2, 0.25) is 0 Å². The molecule has 0 aliphatic rings. The van der Waals surface area contributed by atoms with E-state index in [4.69, 9.17) is 0 Å². The molecule has 1 aromatic carbocycles. The maximum Gasteiger partial charge on any atom is 0.251 e. The highest BCUT2D eigenvalue weighted by Crippen LogP contribution is 2.08. The second-order valence-electron chi connectivity index (χ2n) is 3.91. The van der Waals surface area contributed by atoms with Crippen LogP contribution in [0.15, 0.2) is 30.6 Å². The minimum absolute atomic E-state index is 0.104. The SMILES string of the molecule is CCNCCNC(=O)c1cccc(-n2cnnn2)c1. The summed E-state index contributed by atoms with van der Waals surface area (Å²) in [4.78, 5) is 11.9. The maximum absolute atomic E-state index is 11.9. The third-order valence-electron chi connectivity index (χ3n) is 2.56. The van der Waals surface area contributed by atoms with Gasteiger partial charge in [0, 0.05) is 18.7 Å². The normalized spacial score (nSPS) is 10.4. The molecule has 0 aliphatic heterocycles. The molecule has 0 saturated carbocycles. The van der Waals surface area contributed by atoms with Crippen LogP contribution in [0, 0.1) is 0 Å². The predicted molar refractivity (Wildman–Crippen MR) is 70.0 cm³/mol. The summed E-state index contributed by atoms with van der Waals surface area (Å²) in [6.07, 6.45) is 1.49. The molecule has 2 aromatic rings. The lowest BCUT2D eigenvalue weighted by Gasteiger charge is -2.06. The van der Waals surface area contributed by atoms with Crippen LogP contribution in [0.1, 0.15) is 17.3 Å². The standard InChI is InChI=1S/C12H16N6O/c1-2-13-6-7-14-12(19)10-4-3-5-11(8-10)18-9-15-16-17-18/h3-5,8-9,13H,2,6-7H2,1H3,(H,14,19). The van der Waals surface area contributed by atoms with Crippen LogP contribution in [0.2, 0.25) is 0 Å². The third-order valence-corrected chi connectivity index (χ3v) is 2.56. The van der Waals surface area contributed by atoms with E-state index in [1.165, 1.54) is 11.0 Å². The smallest absolute Gasteiger partial charge is 0.251 e. The lowest BCUT2D eigenvalue weighted by Crippen LogP contribution is -2.31. The number of carbonyl (C=O) groups is 1. The van der Waals surface area contributed by atoms with Crippen molar-refractivity contribution in [3.8, 4) is 5.69 Å². The highest BCUT2D eigenvalue weighted by Gasteiger charge is 2.06. The van der Waals surface area contributed by atoms with Crippen molar-refractivity contribution in [1.82, 2.24) is 30.8 Å². The molecule has 2 N–H and O–H groups in total. The molecule has 0 fully saturated rings. The number of nitrogens with zero attached hydrogens (tertiary/aromatic N) is 4. The highest BCUT2D eigenvalue weighted by molar-refractivity contribution is 5.94. The number of hydrogen-bond acceptors (Lipinski definition) is 5. The first-order valence-corrected chi connectivity index (χ1v) is 6.13. The fraction of sp³-hybridized carbons (Fsp3) is 0.333. The van der Waals surface area contributed by atoms with Gasteiger partial charge < -0.3 is 10.6 Å². The first kappa shape index (κ1) is 13.2. The van der Waals surface area contributed by atoms with Crippen molar-refractivity contribution in [2.45, 2.75) is 6.92 Å². The van der Waals surface area contributed by atoms with Crippen LogP contribution >= 0.6 is 0 Å². The van der Waals surface area contributed by atoms with E-state index in [-0.39, 0.29) is 5.91 Å². The number of benzene rings is 1. The molecule has 0 radical (unpaired) electrons. The number of nitrogens with one attached hydrogen (secondary N) is 2. The monoisotopic (exact) mass is 260 g/mol. The fourth-order valence-electron chi connectivity index (χ4n) is 1.61. The summed E-state index contributed by atoms with van der Waals surface area (Å²) in [5, 5.41) is 16.9. The Kier molecular flexibility index (Phi) is 4.57. The molecule has 0 atom stereocenters. The van der Waals surface area contributed by atoms with Crippen molar-refractivity contribution in [2.75, 3.05) is 19.6 Å². The lowest BCUT2D eigenvalue weighted by molar-refractivity contribution is 0.0954. The minimum Gasteiger partial charge on any atom is -0.351 e. The lowest BCUT2D eigenvalue weighted by atomic mass is 10.2. The Morgan fingerprint density at radius 3 is 3.00 bits per heavy atom. The molecule has 2 rings (SSSR count). The molecule has 1 heterocycles. The van der Waals surface area contributed by atoms with Crippen LogP contribution in [0.5, 0.6) is 0 Å². The number of carbonyl (C=O) groups excluding carboxylic acids is 1. The van der Waals surface area contributed by atoms with Gasteiger partial charge in [-0.2, -0.15) is 0 Å². The molecule has 0 bridgehead atoms. The summed E-state index contributed by atoms with van der Waals surface area (Å²) in [5.74, 6) is -0.104. The molecule has 7 heteroatoms. The van der Waals surface area contributed by atoms with Crippen LogP contribution < -0.4 is 10.6 Å². The van der Waals surface area contributed by atoms with Crippen molar-refractivity contribution in [3.05, 3.63) is 36.2 Å². The zero-order valence-corrected chi connectivity index (χ0v) is 10.7. The summed E-state index contributed by atoms with van der Waals surface area (Å²) >= 11 is 0. The Labute approximate surface area is 111 Å². The van der Waals surface area contributed by atoms with Crippen LogP contribution in [-0.4, -0.2) is 45.7 Å². The number of amides is 1. The zero-order valence-electron chi connectivity index (χ0n) is 10.7. The molecule has 1 amide bonds. The van der Waals surface area contributed by atoms with E-state index in [0.717, 1.165) is 18.8 Å². The summed E-state index contributed by atoms with van der Waals surface area (Å²) in [6, 6.07) is 7.15. The van der Waals surface area contributed by atoms with Crippen molar-refractivity contribution in [2.24, 2.45) is 0 Å². The molecule has 100 valence electrons. The molecule has 0 aliphatic carbocycles. The average Bonchev–Trinajstić information content (AvgIpc) is 2.98. The van der Waals surface area contributed by atoms with Crippen molar-refractivity contribution in [1.29, 1.82) is 0 Å². The van der Waals surface area contributed by atoms with Gasteiger partial charge in [-0.3, -0.25) is 4.79 Å². The van der Waals surface area contributed by atoms with E-state index < -0.39 is 0 Å². The topological polar surface area (TPSA) is 84.7 Å². The van der Waals surface area contributed by atoms with Crippen LogP contribution in [0.4, 0.5) is 0 Å². The molecule has 0 saturated heterocycles. The van der Waals surface area contributed by atoms with Gasteiger partial charge >= 0.3 is 0 Å². The third kappa shape index (κ3) is 3.59. The number of aromatic nitrogens is 4. The van der Waals surface area contributed by atoms with E-state index >= 15 is 0 Å². The van der Waals surface area contributed by atoms with E-state index in [0.29, 0.717) is 12.1 Å². The van der Waals surface area contributed by atoms with Crippen molar-refractivity contribution in [3.63, 3.8) is 0 Å². The number of rotatable bonds is 6. The molecule has 19 heavy (non-hydrogen) atoms. The summed E-state index contributed by atoms with van der Waals surface area (Å²) in [6.45, 7) is 4.28. The molecule has 1 aromatic heterocycles. The maximum atomic E-state index is 11.9. The van der Waals surface area contributed by atoms with Gasteiger partial charge in [0.25, 0.3) is 5.91 Å². The predicted octanol–water partition coefficient (Wildman–Crippen LogP) is 0.00160. The van der Waals surface area contributed by atoms with Crippen LogP contribution in [-0.2, 0) is 0 Å². The summed E-state index contributed by atoms with van der Waals surface area (Å²) in [5.41, 5.74) is 1.34. The van der Waals surface area contributed by atoms with Crippen LogP contribution in [0.25, 0.3) is 5.69 Å². The quantitative estimate of drug-likeness (QED) is 0.714. The number of hydrogen-bond donors (Lipinski definition) is 2. The Balaban J connectivity index is 2.00. The van der Waals surface area contributed by atoms with E-state index in [1.807, 2.05) is 13.0 Å². The Bertz CT molecular complexity index is 525.